The van der Waals surface area contributed by atoms with E-state index in [2.05, 4.69) is 12.0 Å². The molecule has 1 aliphatic heterocycles. The standard InChI is InChI=1S/C15H16N2O4/c1-2-3-4-10-7-12(15(18)19)16-17(10)11-5-6-13-14(8-11)21-9-20-13/h5-8H,2-4,9H2,1H3,(H,18,19). The lowest BCUT2D eigenvalue weighted by atomic mass is 10.2. The number of nitrogens with zero attached hydrogens (tertiary/aromatic N) is 2. The van der Waals surface area contributed by atoms with Gasteiger partial charge in [-0.25, -0.2) is 9.48 Å². The molecule has 3 rings (SSSR count). The Bertz CT molecular complexity index is 678. The third-order valence-electron chi connectivity index (χ3n) is 3.39. The highest BCUT2D eigenvalue weighted by Crippen LogP contribution is 2.34. The normalized spacial score (nSPS) is 12.6. The molecule has 0 amide bonds. The lowest BCUT2D eigenvalue weighted by molar-refractivity contribution is 0.0690. The predicted molar refractivity (Wildman–Crippen MR) is 75.3 cm³/mol. The molecular weight excluding hydrogens is 272 g/mol. The van der Waals surface area contributed by atoms with Gasteiger partial charge in [-0.05, 0) is 31.0 Å². The van der Waals surface area contributed by atoms with Crippen LogP contribution in [0.2, 0.25) is 0 Å². The molecule has 0 bridgehead atoms. The van der Waals surface area contributed by atoms with Crippen molar-refractivity contribution >= 4 is 5.97 Å². The van der Waals surface area contributed by atoms with Gasteiger partial charge in [-0.3, -0.25) is 0 Å². The van der Waals surface area contributed by atoms with Gasteiger partial charge in [0, 0.05) is 11.8 Å². The Morgan fingerprint density at radius 3 is 2.90 bits per heavy atom. The summed E-state index contributed by atoms with van der Waals surface area (Å²) in [6.45, 7) is 2.31. The molecule has 1 aliphatic rings. The maximum atomic E-state index is 11.1. The maximum Gasteiger partial charge on any atom is 0.356 e. The highest BCUT2D eigenvalue weighted by Gasteiger charge is 2.18. The third-order valence-corrected chi connectivity index (χ3v) is 3.39. The SMILES string of the molecule is CCCCc1cc(C(=O)O)nn1-c1ccc2c(c1)OCO2. The van der Waals surface area contributed by atoms with E-state index in [1.165, 1.54) is 0 Å². The van der Waals surface area contributed by atoms with Crippen molar-refractivity contribution in [2.24, 2.45) is 0 Å². The van der Waals surface area contributed by atoms with Crippen molar-refractivity contribution in [3.05, 3.63) is 35.7 Å². The van der Waals surface area contributed by atoms with E-state index in [1.807, 2.05) is 18.2 Å². The number of aromatic nitrogens is 2. The van der Waals surface area contributed by atoms with E-state index in [4.69, 9.17) is 14.6 Å². The number of carboxylic acid groups (broad SMARTS) is 1. The van der Waals surface area contributed by atoms with Crippen molar-refractivity contribution in [2.45, 2.75) is 26.2 Å². The zero-order chi connectivity index (χ0) is 14.8. The largest absolute Gasteiger partial charge is 0.476 e. The van der Waals surface area contributed by atoms with E-state index in [1.54, 1.807) is 10.7 Å². The molecule has 6 nitrogen and oxygen atoms in total. The number of ether oxygens (including phenoxy) is 2. The molecule has 0 atom stereocenters. The van der Waals surface area contributed by atoms with Crippen LogP contribution in [0.1, 0.15) is 35.9 Å². The van der Waals surface area contributed by atoms with Gasteiger partial charge in [0.15, 0.2) is 17.2 Å². The lowest BCUT2D eigenvalue weighted by Gasteiger charge is -2.07. The number of aromatic carboxylic acids is 1. The van der Waals surface area contributed by atoms with Crippen LogP contribution in [0.4, 0.5) is 0 Å². The molecule has 1 aromatic heterocycles. The summed E-state index contributed by atoms with van der Waals surface area (Å²) >= 11 is 0. The average Bonchev–Trinajstić information content (AvgIpc) is 3.10. The molecular formula is C15H16N2O4. The van der Waals surface area contributed by atoms with E-state index in [-0.39, 0.29) is 12.5 Å². The van der Waals surface area contributed by atoms with Gasteiger partial charge in [-0.1, -0.05) is 13.3 Å². The van der Waals surface area contributed by atoms with Crippen molar-refractivity contribution in [3.8, 4) is 17.2 Å². The Balaban J connectivity index is 2.01. The van der Waals surface area contributed by atoms with Crippen LogP contribution >= 0.6 is 0 Å². The fourth-order valence-corrected chi connectivity index (χ4v) is 2.30. The fourth-order valence-electron chi connectivity index (χ4n) is 2.30. The molecule has 0 aliphatic carbocycles. The Hall–Kier alpha value is -2.50. The van der Waals surface area contributed by atoms with Crippen molar-refractivity contribution in [2.75, 3.05) is 6.79 Å². The number of unbranched alkanes of at least 4 members (excludes halogenated alkanes) is 1. The summed E-state index contributed by atoms with van der Waals surface area (Å²) in [5, 5.41) is 13.3. The minimum atomic E-state index is -1.02. The molecule has 0 spiro atoms. The number of benzene rings is 1. The van der Waals surface area contributed by atoms with Gasteiger partial charge in [0.1, 0.15) is 0 Å². The molecule has 0 saturated heterocycles. The highest BCUT2D eigenvalue weighted by molar-refractivity contribution is 5.85. The summed E-state index contributed by atoms with van der Waals surface area (Å²) < 4.78 is 12.3. The van der Waals surface area contributed by atoms with Gasteiger partial charge in [-0.15, -0.1) is 0 Å². The molecule has 0 saturated carbocycles. The highest BCUT2D eigenvalue weighted by atomic mass is 16.7. The van der Waals surface area contributed by atoms with Gasteiger partial charge in [-0.2, -0.15) is 5.10 Å². The number of hydrogen-bond acceptors (Lipinski definition) is 4. The van der Waals surface area contributed by atoms with Crippen LogP contribution in [0.3, 0.4) is 0 Å². The second-order valence-corrected chi connectivity index (χ2v) is 4.88. The van der Waals surface area contributed by atoms with Crippen molar-refractivity contribution < 1.29 is 19.4 Å². The van der Waals surface area contributed by atoms with E-state index in [9.17, 15) is 4.79 Å². The monoisotopic (exact) mass is 288 g/mol. The molecule has 0 radical (unpaired) electrons. The van der Waals surface area contributed by atoms with E-state index >= 15 is 0 Å². The molecule has 6 heteroatoms. The number of carbonyl (C=O) groups is 1. The van der Waals surface area contributed by atoms with E-state index < -0.39 is 5.97 Å². The molecule has 0 fully saturated rings. The zero-order valence-corrected chi connectivity index (χ0v) is 11.7. The van der Waals surface area contributed by atoms with Gasteiger partial charge in [0.2, 0.25) is 6.79 Å². The average molecular weight is 288 g/mol. The van der Waals surface area contributed by atoms with Crippen LogP contribution < -0.4 is 9.47 Å². The first-order chi connectivity index (χ1) is 10.2. The zero-order valence-electron chi connectivity index (χ0n) is 11.7. The first kappa shape index (κ1) is 13.5. The smallest absolute Gasteiger partial charge is 0.356 e. The summed E-state index contributed by atoms with van der Waals surface area (Å²) in [7, 11) is 0. The fraction of sp³-hybridized carbons (Fsp3) is 0.333. The Morgan fingerprint density at radius 2 is 2.14 bits per heavy atom. The van der Waals surface area contributed by atoms with Crippen molar-refractivity contribution in [1.82, 2.24) is 9.78 Å². The predicted octanol–water partition coefficient (Wildman–Crippen LogP) is 2.64. The summed E-state index contributed by atoms with van der Waals surface area (Å²) in [6, 6.07) is 7.10. The summed E-state index contributed by atoms with van der Waals surface area (Å²) in [6.07, 6.45) is 2.80. The minimum absolute atomic E-state index is 0.0544. The summed E-state index contributed by atoms with van der Waals surface area (Å²) in [4.78, 5) is 11.1. The second-order valence-electron chi connectivity index (χ2n) is 4.88. The second kappa shape index (κ2) is 5.47. The molecule has 110 valence electrons. The van der Waals surface area contributed by atoms with Crippen molar-refractivity contribution in [1.29, 1.82) is 0 Å². The molecule has 0 unspecified atom stereocenters. The lowest BCUT2D eigenvalue weighted by Crippen LogP contribution is -2.04. The van der Waals surface area contributed by atoms with Gasteiger partial charge < -0.3 is 14.6 Å². The molecule has 21 heavy (non-hydrogen) atoms. The molecule has 2 heterocycles. The van der Waals surface area contributed by atoms with Gasteiger partial charge in [0.05, 0.1) is 5.69 Å². The molecule has 1 N–H and O–H groups in total. The Labute approximate surface area is 121 Å². The van der Waals surface area contributed by atoms with Crippen LogP contribution in [0.15, 0.2) is 24.3 Å². The van der Waals surface area contributed by atoms with Crippen LogP contribution in [0, 0.1) is 0 Å². The summed E-state index contributed by atoms with van der Waals surface area (Å²) in [5.74, 6) is 0.327. The molecule has 1 aromatic carbocycles. The third kappa shape index (κ3) is 2.56. The number of hydrogen-bond donors (Lipinski definition) is 1. The van der Waals surface area contributed by atoms with Crippen LogP contribution in [-0.2, 0) is 6.42 Å². The first-order valence-electron chi connectivity index (χ1n) is 6.91. The van der Waals surface area contributed by atoms with Gasteiger partial charge in [0.25, 0.3) is 0 Å². The van der Waals surface area contributed by atoms with Crippen LogP contribution in [0.25, 0.3) is 5.69 Å². The number of carboxylic acids is 1. The van der Waals surface area contributed by atoms with Crippen molar-refractivity contribution in [3.63, 3.8) is 0 Å². The van der Waals surface area contributed by atoms with E-state index in [0.717, 1.165) is 30.6 Å². The maximum absolute atomic E-state index is 11.1. The van der Waals surface area contributed by atoms with E-state index in [0.29, 0.717) is 11.5 Å². The first-order valence-corrected chi connectivity index (χ1v) is 6.91. The number of rotatable bonds is 5. The number of aryl methyl sites for hydroxylation is 1. The molecule has 2 aromatic rings. The van der Waals surface area contributed by atoms with Crippen LogP contribution in [-0.4, -0.2) is 27.6 Å². The van der Waals surface area contributed by atoms with Gasteiger partial charge >= 0.3 is 5.97 Å². The quantitative estimate of drug-likeness (QED) is 0.915. The van der Waals surface area contributed by atoms with Crippen LogP contribution in [0.5, 0.6) is 11.5 Å². The summed E-state index contributed by atoms with van der Waals surface area (Å²) in [5.41, 5.74) is 1.71. The topological polar surface area (TPSA) is 73.6 Å². The minimum Gasteiger partial charge on any atom is -0.476 e. The Kier molecular flexibility index (Phi) is 3.51. The number of fused-ring (bicyclic) bond motifs is 1. The Morgan fingerprint density at radius 1 is 1.33 bits per heavy atom.